The summed E-state index contributed by atoms with van der Waals surface area (Å²) in [7, 11) is 0. The fraction of sp³-hybridized carbons (Fsp3) is 0.333. The molecule has 2 aliphatic rings. The number of nitrogens with zero attached hydrogens (tertiary/aromatic N) is 1. The second-order valence-corrected chi connectivity index (χ2v) is 7.03. The third kappa shape index (κ3) is 3.21. The maximum Gasteiger partial charge on any atom is 0.227 e. The first-order valence-corrected chi connectivity index (χ1v) is 9.06. The van der Waals surface area contributed by atoms with Crippen LogP contribution in [0.15, 0.2) is 48.5 Å². The lowest BCUT2D eigenvalue weighted by atomic mass is 9.87. The van der Waals surface area contributed by atoms with E-state index in [1.54, 1.807) is 17.0 Å². The molecule has 0 saturated carbocycles. The molecule has 0 radical (unpaired) electrons. The molecule has 26 heavy (non-hydrogen) atoms. The van der Waals surface area contributed by atoms with Gasteiger partial charge in [0.05, 0.1) is 12.0 Å². The van der Waals surface area contributed by atoms with Crippen LogP contribution in [0.4, 0.5) is 10.1 Å². The highest BCUT2D eigenvalue weighted by Crippen LogP contribution is 2.31. The van der Waals surface area contributed by atoms with Crippen molar-refractivity contribution >= 4 is 17.5 Å². The zero-order valence-electron chi connectivity index (χ0n) is 14.5. The molecule has 2 atom stereocenters. The molecule has 4 nitrogen and oxygen atoms in total. The minimum absolute atomic E-state index is 0.0161. The van der Waals surface area contributed by atoms with Gasteiger partial charge in [0.1, 0.15) is 5.82 Å². The zero-order valence-corrected chi connectivity index (χ0v) is 14.5. The van der Waals surface area contributed by atoms with Crippen LogP contribution in [0, 0.1) is 11.7 Å². The van der Waals surface area contributed by atoms with Gasteiger partial charge in [0.25, 0.3) is 0 Å². The highest BCUT2D eigenvalue weighted by Gasteiger charge is 2.36. The number of hydrogen-bond donors (Lipinski definition) is 1. The quantitative estimate of drug-likeness (QED) is 0.921. The van der Waals surface area contributed by atoms with Crippen molar-refractivity contribution in [3.8, 4) is 0 Å². The minimum Gasteiger partial charge on any atom is -0.349 e. The van der Waals surface area contributed by atoms with Crippen molar-refractivity contribution in [3.63, 3.8) is 0 Å². The normalized spacial score (nSPS) is 22.2. The second kappa shape index (κ2) is 6.90. The number of aryl methyl sites for hydroxylation is 1. The van der Waals surface area contributed by atoms with E-state index in [1.807, 2.05) is 12.1 Å². The predicted octanol–water partition coefficient (Wildman–Crippen LogP) is 3.37. The molecule has 2 aromatic carbocycles. The Bertz CT molecular complexity index is 834. The first-order valence-electron chi connectivity index (χ1n) is 9.06. The molecule has 1 aliphatic heterocycles. The van der Waals surface area contributed by atoms with Gasteiger partial charge in [-0.05, 0) is 54.7 Å². The van der Waals surface area contributed by atoms with E-state index in [0.717, 1.165) is 19.3 Å². The van der Waals surface area contributed by atoms with Crippen molar-refractivity contribution < 1.29 is 14.0 Å². The lowest BCUT2D eigenvalue weighted by Gasteiger charge is -2.27. The highest BCUT2D eigenvalue weighted by atomic mass is 19.1. The Kier molecular flexibility index (Phi) is 4.45. The third-order valence-electron chi connectivity index (χ3n) is 5.32. The number of rotatable bonds is 3. The van der Waals surface area contributed by atoms with Crippen molar-refractivity contribution in [3.05, 3.63) is 65.5 Å². The summed E-state index contributed by atoms with van der Waals surface area (Å²) >= 11 is 0. The molecule has 2 aromatic rings. The third-order valence-corrected chi connectivity index (χ3v) is 5.32. The number of nitrogens with one attached hydrogen (secondary N) is 1. The summed E-state index contributed by atoms with van der Waals surface area (Å²) in [5.41, 5.74) is 3.11. The molecule has 0 spiro atoms. The largest absolute Gasteiger partial charge is 0.349 e. The molecular formula is C21H21FN2O2. The van der Waals surface area contributed by atoms with Gasteiger partial charge in [0.15, 0.2) is 0 Å². The Morgan fingerprint density at radius 2 is 1.88 bits per heavy atom. The molecule has 1 aliphatic carbocycles. The van der Waals surface area contributed by atoms with Gasteiger partial charge in [0, 0.05) is 18.7 Å². The standard InChI is InChI=1S/C21H21FN2O2/c22-16-8-10-17(11-9-16)24-13-15(12-20(24)25)21(26)23-19-7-3-5-14-4-1-2-6-18(14)19/h1-2,4,6,8-11,15,19H,3,5,7,12-13H2,(H,23,26)/t15-,19+/m1/s1. The summed E-state index contributed by atoms with van der Waals surface area (Å²) in [6, 6.07) is 14.0. The fourth-order valence-electron chi connectivity index (χ4n) is 3.95. The lowest BCUT2D eigenvalue weighted by Crippen LogP contribution is -2.36. The Morgan fingerprint density at radius 3 is 2.69 bits per heavy atom. The van der Waals surface area contributed by atoms with E-state index < -0.39 is 0 Å². The number of amides is 2. The van der Waals surface area contributed by atoms with Gasteiger partial charge < -0.3 is 10.2 Å². The van der Waals surface area contributed by atoms with E-state index in [0.29, 0.717) is 12.2 Å². The summed E-state index contributed by atoms with van der Waals surface area (Å²) in [5, 5.41) is 3.14. The van der Waals surface area contributed by atoms with Crippen molar-refractivity contribution in [2.75, 3.05) is 11.4 Å². The number of carbonyl (C=O) groups is 2. The van der Waals surface area contributed by atoms with Crippen molar-refractivity contribution in [2.24, 2.45) is 5.92 Å². The van der Waals surface area contributed by atoms with Crippen LogP contribution >= 0.6 is 0 Å². The number of halogens is 1. The molecule has 4 rings (SSSR count). The van der Waals surface area contributed by atoms with Gasteiger partial charge in [-0.15, -0.1) is 0 Å². The van der Waals surface area contributed by atoms with Gasteiger partial charge in [0.2, 0.25) is 11.8 Å². The number of hydrogen-bond acceptors (Lipinski definition) is 2. The van der Waals surface area contributed by atoms with Crippen LogP contribution in [0.5, 0.6) is 0 Å². The Morgan fingerprint density at radius 1 is 1.12 bits per heavy atom. The molecule has 0 aromatic heterocycles. The highest BCUT2D eigenvalue weighted by molar-refractivity contribution is 6.00. The zero-order chi connectivity index (χ0) is 18.1. The first-order chi connectivity index (χ1) is 12.6. The van der Waals surface area contributed by atoms with Crippen LogP contribution in [0.25, 0.3) is 0 Å². The summed E-state index contributed by atoms with van der Waals surface area (Å²) < 4.78 is 13.1. The molecule has 0 unspecified atom stereocenters. The smallest absolute Gasteiger partial charge is 0.227 e. The topological polar surface area (TPSA) is 49.4 Å². The van der Waals surface area contributed by atoms with Gasteiger partial charge in [-0.2, -0.15) is 0 Å². The van der Waals surface area contributed by atoms with Crippen LogP contribution < -0.4 is 10.2 Å². The van der Waals surface area contributed by atoms with E-state index >= 15 is 0 Å². The average molecular weight is 352 g/mol. The number of benzene rings is 2. The monoisotopic (exact) mass is 352 g/mol. The molecule has 1 heterocycles. The first kappa shape index (κ1) is 16.8. The molecular weight excluding hydrogens is 331 g/mol. The number of carbonyl (C=O) groups excluding carboxylic acids is 2. The maximum atomic E-state index is 13.1. The Balaban J connectivity index is 1.45. The fourth-order valence-corrected chi connectivity index (χ4v) is 3.95. The summed E-state index contributed by atoms with van der Waals surface area (Å²) in [5.74, 6) is -0.891. The van der Waals surface area contributed by atoms with Crippen LogP contribution in [0.2, 0.25) is 0 Å². The summed E-state index contributed by atoms with van der Waals surface area (Å²) in [6.07, 6.45) is 3.21. The molecule has 134 valence electrons. The van der Waals surface area contributed by atoms with Crippen LogP contribution in [0.1, 0.15) is 36.4 Å². The van der Waals surface area contributed by atoms with E-state index in [1.165, 1.54) is 23.3 Å². The molecule has 1 fully saturated rings. The predicted molar refractivity (Wildman–Crippen MR) is 97.1 cm³/mol. The van der Waals surface area contributed by atoms with Crippen molar-refractivity contribution in [1.29, 1.82) is 0 Å². The minimum atomic E-state index is -0.373. The van der Waals surface area contributed by atoms with E-state index in [4.69, 9.17) is 0 Å². The molecule has 1 saturated heterocycles. The van der Waals surface area contributed by atoms with Crippen LogP contribution in [0.3, 0.4) is 0 Å². The van der Waals surface area contributed by atoms with Gasteiger partial charge >= 0.3 is 0 Å². The Hall–Kier alpha value is -2.69. The van der Waals surface area contributed by atoms with E-state index in [-0.39, 0.29) is 36.0 Å². The van der Waals surface area contributed by atoms with Crippen molar-refractivity contribution in [1.82, 2.24) is 5.32 Å². The molecule has 2 amide bonds. The van der Waals surface area contributed by atoms with Crippen LogP contribution in [-0.4, -0.2) is 18.4 Å². The van der Waals surface area contributed by atoms with Gasteiger partial charge in [-0.1, -0.05) is 24.3 Å². The second-order valence-electron chi connectivity index (χ2n) is 7.03. The van der Waals surface area contributed by atoms with Gasteiger partial charge in [-0.3, -0.25) is 9.59 Å². The number of fused-ring (bicyclic) bond motifs is 1. The average Bonchev–Trinajstić information content (AvgIpc) is 3.05. The van der Waals surface area contributed by atoms with E-state index in [9.17, 15) is 14.0 Å². The lowest BCUT2D eigenvalue weighted by molar-refractivity contribution is -0.127. The maximum absolute atomic E-state index is 13.1. The van der Waals surface area contributed by atoms with Crippen LogP contribution in [-0.2, 0) is 16.0 Å². The summed E-state index contributed by atoms with van der Waals surface area (Å²) in [6.45, 7) is 0.338. The van der Waals surface area contributed by atoms with Gasteiger partial charge in [-0.25, -0.2) is 4.39 Å². The summed E-state index contributed by atoms with van der Waals surface area (Å²) in [4.78, 5) is 26.6. The number of anilines is 1. The SMILES string of the molecule is O=C(N[C@H]1CCCc2ccccc21)[C@@H]1CC(=O)N(c2ccc(F)cc2)C1. The molecule has 0 bridgehead atoms. The van der Waals surface area contributed by atoms with Crippen molar-refractivity contribution in [2.45, 2.75) is 31.7 Å². The Labute approximate surface area is 152 Å². The van der Waals surface area contributed by atoms with E-state index in [2.05, 4.69) is 17.4 Å². The molecule has 5 heteroatoms. The molecule has 1 N–H and O–H groups in total.